The highest BCUT2D eigenvalue weighted by molar-refractivity contribution is 9.10. The van der Waals surface area contributed by atoms with E-state index in [2.05, 4.69) is 21.2 Å². The Morgan fingerprint density at radius 1 is 1.19 bits per heavy atom. The number of rotatable bonds is 4. The van der Waals surface area contributed by atoms with E-state index in [4.69, 9.17) is 5.73 Å². The number of nitrogens with two attached hydrogens (primary N) is 1. The largest absolute Gasteiger partial charge is 0.322 e. The summed E-state index contributed by atoms with van der Waals surface area (Å²) < 4.78 is 27.0. The molecule has 2 aromatic rings. The van der Waals surface area contributed by atoms with Crippen molar-refractivity contribution < 1.29 is 13.6 Å². The second-order valence-electron chi connectivity index (χ2n) is 4.53. The first-order valence-corrected chi connectivity index (χ1v) is 7.01. The lowest BCUT2D eigenvalue weighted by Gasteiger charge is -2.13. The van der Waals surface area contributed by atoms with Gasteiger partial charge in [0, 0.05) is 6.07 Å². The smallest absolute Gasteiger partial charge is 0.241 e. The number of benzene rings is 2. The van der Waals surface area contributed by atoms with Gasteiger partial charge >= 0.3 is 0 Å². The summed E-state index contributed by atoms with van der Waals surface area (Å²) in [5.74, 6) is -1.97. The molecule has 1 atom stereocenters. The zero-order valence-electron chi connectivity index (χ0n) is 10.9. The summed E-state index contributed by atoms with van der Waals surface area (Å²) in [6, 6.07) is 10.2. The van der Waals surface area contributed by atoms with Gasteiger partial charge in [-0.25, -0.2) is 8.78 Å². The summed E-state index contributed by atoms with van der Waals surface area (Å²) in [4.78, 5) is 11.9. The monoisotopic (exact) mass is 354 g/mol. The highest BCUT2D eigenvalue weighted by Crippen LogP contribution is 2.23. The molecule has 0 saturated carbocycles. The van der Waals surface area contributed by atoms with Crippen molar-refractivity contribution in [1.82, 2.24) is 0 Å². The molecule has 110 valence electrons. The van der Waals surface area contributed by atoms with E-state index in [1.807, 2.05) is 30.3 Å². The van der Waals surface area contributed by atoms with Gasteiger partial charge in [0.2, 0.25) is 5.91 Å². The van der Waals surface area contributed by atoms with Gasteiger partial charge in [0.1, 0.15) is 11.6 Å². The molecule has 0 aliphatic rings. The fraction of sp³-hybridized carbons (Fsp3) is 0.133. The lowest BCUT2D eigenvalue weighted by atomic mass is 10.1. The maximum atomic E-state index is 13.6. The molecule has 1 amide bonds. The Morgan fingerprint density at radius 2 is 1.86 bits per heavy atom. The zero-order valence-corrected chi connectivity index (χ0v) is 12.5. The maximum absolute atomic E-state index is 13.6. The number of carbonyl (C=O) groups is 1. The average Bonchev–Trinajstić information content (AvgIpc) is 2.45. The number of carbonyl (C=O) groups excluding carboxylic acids is 1. The van der Waals surface area contributed by atoms with E-state index >= 15 is 0 Å². The summed E-state index contributed by atoms with van der Waals surface area (Å²) in [6.07, 6.45) is 0.313. The van der Waals surface area contributed by atoms with Crippen LogP contribution in [0.2, 0.25) is 0 Å². The minimum Gasteiger partial charge on any atom is -0.322 e. The Labute approximate surface area is 129 Å². The predicted octanol–water partition coefficient (Wildman–Crippen LogP) is 3.24. The summed E-state index contributed by atoms with van der Waals surface area (Å²) in [5.41, 5.74) is 6.44. The third-order valence-electron chi connectivity index (χ3n) is 2.90. The Balaban J connectivity index is 2.06. The molecule has 0 radical (unpaired) electrons. The number of amides is 1. The number of nitrogens with one attached hydrogen (secondary N) is 1. The lowest BCUT2D eigenvalue weighted by molar-refractivity contribution is -0.117. The van der Waals surface area contributed by atoms with Crippen LogP contribution in [0.15, 0.2) is 46.9 Å². The fourth-order valence-electron chi connectivity index (χ4n) is 1.80. The van der Waals surface area contributed by atoms with Crippen LogP contribution in [0.3, 0.4) is 0 Å². The summed E-state index contributed by atoms with van der Waals surface area (Å²) in [7, 11) is 0. The fourth-order valence-corrected chi connectivity index (χ4v) is 2.12. The molecule has 21 heavy (non-hydrogen) atoms. The van der Waals surface area contributed by atoms with Crippen molar-refractivity contribution in [1.29, 1.82) is 0 Å². The van der Waals surface area contributed by atoms with Gasteiger partial charge in [-0.15, -0.1) is 0 Å². The Hall–Kier alpha value is -1.79. The van der Waals surface area contributed by atoms with Crippen LogP contribution < -0.4 is 11.1 Å². The molecule has 6 heteroatoms. The first-order chi connectivity index (χ1) is 9.97. The molecule has 0 saturated heterocycles. The zero-order chi connectivity index (χ0) is 15.4. The molecule has 3 nitrogen and oxygen atoms in total. The van der Waals surface area contributed by atoms with Gasteiger partial charge in [0.05, 0.1) is 16.2 Å². The van der Waals surface area contributed by atoms with Crippen LogP contribution in [0.5, 0.6) is 0 Å². The molecule has 0 aliphatic heterocycles. The van der Waals surface area contributed by atoms with Crippen LogP contribution in [0.25, 0.3) is 0 Å². The maximum Gasteiger partial charge on any atom is 0.241 e. The molecule has 2 aromatic carbocycles. The molecule has 0 spiro atoms. The molecular formula is C15H13BrF2N2O. The van der Waals surface area contributed by atoms with Gasteiger partial charge in [-0.3, -0.25) is 4.79 Å². The predicted molar refractivity (Wildman–Crippen MR) is 80.8 cm³/mol. The van der Waals surface area contributed by atoms with Crippen LogP contribution in [0.1, 0.15) is 5.56 Å². The molecule has 2 rings (SSSR count). The SMILES string of the molecule is NC(Cc1ccccc1)C(=O)Nc1cc(F)c(Br)cc1F. The van der Waals surface area contributed by atoms with Crippen LogP contribution in [0.4, 0.5) is 14.5 Å². The highest BCUT2D eigenvalue weighted by Gasteiger charge is 2.17. The second-order valence-corrected chi connectivity index (χ2v) is 5.39. The van der Waals surface area contributed by atoms with Crippen LogP contribution >= 0.6 is 15.9 Å². The number of anilines is 1. The summed E-state index contributed by atoms with van der Waals surface area (Å²) in [6.45, 7) is 0. The summed E-state index contributed by atoms with van der Waals surface area (Å²) in [5, 5.41) is 2.30. The van der Waals surface area contributed by atoms with Crippen molar-refractivity contribution in [3.8, 4) is 0 Å². The van der Waals surface area contributed by atoms with Crippen molar-refractivity contribution >= 4 is 27.5 Å². The number of hydrogen-bond donors (Lipinski definition) is 2. The van der Waals surface area contributed by atoms with Crippen molar-refractivity contribution in [3.05, 3.63) is 64.1 Å². The van der Waals surface area contributed by atoms with E-state index in [0.29, 0.717) is 6.42 Å². The highest BCUT2D eigenvalue weighted by atomic mass is 79.9. The third-order valence-corrected chi connectivity index (χ3v) is 3.51. The van der Waals surface area contributed by atoms with Gasteiger partial charge < -0.3 is 11.1 Å². The standard InChI is InChI=1S/C15H13BrF2N2O/c16-10-7-12(18)14(8-11(10)17)20-15(21)13(19)6-9-4-2-1-3-5-9/h1-5,7-8,13H,6,19H2,(H,20,21). The van der Waals surface area contributed by atoms with Gasteiger partial charge in [-0.2, -0.15) is 0 Å². The lowest BCUT2D eigenvalue weighted by Crippen LogP contribution is -2.37. The normalized spacial score (nSPS) is 12.0. The molecule has 0 aromatic heterocycles. The summed E-state index contributed by atoms with van der Waals surface area (Å²) >= 11 is 2.87. The van der Waals surface area contributed by atoms with E-state index in [9.17, 15) is 13.6 Å². The molecule has 3 N–H and O–H groups in total. The van der Waals surface area contributed by atoms with Gasteiger partial charge in [-0.1, -0.05) is 30.3 Å². The number of halogens is 3. The van der Waals surface area contributed by atoms with Crippen LogP contribution in [0, 0.1) is 11.6 Å². The van der Waals surface area contributed by atoms with Crippen molar-refractivity contribution in [2.75, 3.05) is 5.32 Å². The van der Waals surface area contributed by atoms with Crippen molar-refractivity contribution in [2.45, 2.75) is 12.5 Å². The third kappa shape index (κ3) is 4.09. The van der Waals surface area contributed by atoms with Crippen molar-refractivity contribution in [3.63, 3.8) is 0 Å². The minimum atomic E-state index is -0.849. The van der Waals surface area contributed by atoms with E-state index in [-0.39, 0.29) is 10.2 Å². The van der Waals surface area contributed by atoms with Gasteiger partial charge in [0.25, 0.3) is 0 Å². The Morgan fingerprint density at radius 3 is 2.52 bits per heavy atom. The molecule has 0 heterocycles. The molecular weight excluding hydrogens is 342 g/mol. The van der Waals surface area contributed by atoms with Crippen LogP contribution in [-0.4, -0.2) is 11.9 Å². The van der Waals surface area contributed by atoms with Gasteiger partial charge in [-0.05, 0) is 34.0 Å². The van der Waals surface area contributed by atoms with Crippen molar-refractivity contribution in [2.24, 2.45) is 5.73 Å². The molecule has 1 unspecified atom stereocenters. The van der Waals surface area contributed by atoms with E-state index in [1.54, 1.807) is 0 Å². The quantitative estimate of drug-likeness (QED) is 0.828. The second kappa shape index (κ2) is 6.78. The Kier molecular flexibility index (Phi) is 5.03. The number of hydrogen-bond acceptors (Lipinski definition) is 2. The van der Waals surface area contributed by atoms with E-state index in [1.165, 1.54) is 0 Å². The molecule has 0 aliphatic carbocycles. The van der Waals surface area contributed by atoms with Gasteiger partial charge in [0.15, 0.2) is 0 Å². The minimum absolute atomic E-state index is 0.00779. The average molecular weight is 355 g/mol. The van der Waals surface area contributed by atoms with E-state index in [0.717, 1.165) is 17.7 Å². The molecule has 0 fully saturated rings. The first kappa shape index (κ1) is 15.6. The molecule has 0 bridgehead atoms. The topological polar surface area (TPSA) is 55.1 Å². The first-order valence-electron chi connectivity index (χ1n) is 6.22. The van der Waals surface area contributed by atoms with E-state index < -0.39 is 23.6 Å². The van der Waals surface area contributed by atoms with Crippen LogP contribution in [-0.2, 0) is 11.2 Å². The Bertz CT molecular complexity index is 650.